The van der Waals surface area contributed by atoms with E-state index in [9.17, 15) is 0 Å². The summed E-state index contributed by atoms with van der Waals surface area (Å²) in [4.78, 5) is 3.79. The monoisotopic (exact) mass is 236 g/mol. The fourth-order valence-electron chi connectivity index (χ4n) is 1.21. The van der Waals surface area contributed by atoms with Gasteiger partial charge in [0.25, 0.3) is 0 Å². The third kappa shape index (κ3) is 3.14. The molecule has 0 heterocycles. The van der Waals surface area contributed by atoms with Crippen molar-refractivity contribution in [2.24, 2.45) is 10.7 Å². The molecule has 0 aliphatic rings. The minimum Gasteiger partial charge on any atom is -0.496 e. The highest BCUT2D eigenvalue weighted by molar-refractivity contribution is 6.69. The number of nitrogens with zero attached hydrogens (tertiary/aromatic N) is 1. The van der Waals surface area contributed by atoms with Crippen molar-refractivity contribution < 1.29 is 4.74 Å². The van der Waals surface area contributed by atoms with Crippen LogP contribution in [0.1, 0.15) is 5.56 Å². The van der Waals surface area contributed by atoms with Gasteiger partial charge in [0.1, 0.15) is 10.9 Å². The lowest BCUT2D eigenvalue weighted by atomic mass is 10.1. The molecule has 0 saturated carbocycles. The summed E-state index contributed by atoms with van der Waals surface area (Å²) in [6.45, 7) is 3.45. The Morgan fingerprint density at radius 2 is 2.19 bits per heavy atom. The fourth-order valence-corrected chi connectivity index (χ4v) is 1.40. The Bertz CT molecular complexity index is 438. The Morgan fingerprint density at radius 1 is 1.50 bits per heavy atom. The molecule has 1 rings (SSSR count). The van der Waals surface area contributed by atoms with Crippen molar-refractivity contribution in [3.8, 4) is 5.75 Å². The van der Waals surface area contributed by atoms with Gasteiger partial charge in [0.05, 0.1) is 7.11 Å². The van der Waals surface area contributed by atoms with E-state index in [0.717, 1.165) is 5.56 Å². The van der Waals surface area contributed by atoms with E-state index >= 15 is 0 Å². The number of nitrogens with two attached hydrogens (primary N) is 1. The van der Waals surface area contributed by atoms with Gasteiger partial charge in [0.15, 0.2) is 0 Å². The number of rotatable bonds is 4. The molecular weight excluding hydrogens is 224 g/mol. The standard InChI is InChI=1S/C12H13ClN2O/c1-3-15-12(13)8-10(14)9-6-4-5-7-11(9)16-2/h3-8H,1,14H2,2H3/b10-8-,15-12?. The Hall–Kier alpha value is -1.74. The minimum atomic E-state index is 0.276. The first-order chi connectivity index (χ1) is 7.69. The minimum absolute atomic E-state index is 0.276. The maximum absolute atomic E-state index is 5.88. The molecule has 4 heteroatoms. The average Bonchev–Trinajstić information content (AvgIpc) is 2.29. The molecule has 0 radical (unpaired) electrons. The van der Waals surface area contributed by atoms with Gasteiger partial charge in [0.2, 0.25) is 0 Å². The van der Waals surface area contributed by atoms with Crippen molar-refractivity contribution in [1.82, 2.24) is 0 Å². The molecule has 3 nitrogen and oxygen atoms in total. The van der Waals surface area contributed by atoms with Crippen molar-refractivity contribution in [2.75, 3.05) is 7.11 Å². The summed E-state index contributed by atoms with van der Waals surface area (Å²) in [5.74, 6) is 0.694. The molecule has 1 aromatic carbocycles. The van der Waals surface area contributed by atoms with Gasteiger partial charge in [-0.15, -0.1) is 0 Å². The van der Waals surface area contributed by atoms with Crippen molar-refractivity contribution in [2.45, 2.75) is 0 Å². The molecule has 0 spiro atoms. The van der Waals surface area contributed by atoms with Crippen LogP contribution >= 0.6 is 11.6 Å². The van der Waals surface area contributed by atoms with Gasteiger partial charge in [-0.2, -0.15) is 0 Å². The third-order valence-electron chi connectivity index (χ3n) is 1.91. The molecule has 0 aromatic heterocycles. The highest BCUT2D eigenvalue weighted by atomic mass is 35.5. The lowest BCUT2D eigenvalue weighted by Crippen LogP contribution is -2.01. The first kappa shape index (κ1) is 12.3. The van der Waals surface area contributed by atoms with Crippen LogP contribution < -0.4 is 10.5 Å². The Balaban J connectivity index is 3.08. The molecule has 0 unspecified atom stereocenters. The molecule has 84 valence electrons. The van der Waals surface area contributed by atoms with Crippen LogP contribution in [0.4, 0.5) is 0 Å². The lowest BCUT2D eigenvalue weighted by Gasteiger charge is -2.07. The van der Waals surface area contributed by atoms with E-state index in [-0.39, 0.29) is 5.17 Å². The van der Waals surface area contributed by atoms with E-state index in [1.165, 1.54) is 6.20 Å². The number of ether oxygens (including phenoxy) is 1. The number of methoxy groups -OCH3 is 1. The van der Waals surface area contributed by atoms with E-state index in [1.807, 2.05) is 24.3 Å². The smallest absolute Gasteiger partial charge is 0.131 e. The van der Waals surface area contributed by atoms with Crippen LogP contribution in [0.3, 0.4) is 0 Å². The SMILES string of the molecule is C=CN=C(Cl)/C=C(\N)c1ccccc1OC. The quantitative estimate of drug-likeness (QED) is 0.818. The summed E-state index contributed by atoms with van der Waals surface area (Å²) < 4.78 is 5.18. The number of aliphatic imine (C=N–C) groups is 1. The second-order valence-corrected chi connectivity index (χ2v) is 3.32. The third-order valence-corrected chi connectivity index (χ3v) is 2.11. The van der Waals surface area contributed by atoms with Gasteiger partial charge < -0.3 is 10.5 Å². The summed E-state index contributed by atoms with van der Waals surface area (Å²) >= 11 is 5.80. The van der Waals surface area contributed by atoms with Crippen LogP contribution in [-0.4, -0.2) is 12.3 Å². The summed E-state index contributed by atoms with van der Waals surface area (Å²) in [6.07, 6.45) is 2.91. The topological polar surface area (TPSA) is 47.6 Å². The molecule has 0 aliphatic carbocycles. The zero-order valence-corrected chi connectivity index (χ0v) is 9.74. The predicted molar refractivity (Wildman–Crippen MR) is 68.6 cm³/mol. The molecule has 0 aliphatic heterocycles. The molecule has 1 aromatic rings. The summed E-state index contributed by atoms with van der Waals surface area (Å²) in [6, 6.07) is 7.42. The normalized spacial score (nSPS) is 12.4. The van der Waals surface area contributed by atoms with Gasteiger partial charge in [0, 0.05) is 17.5 Å². The fraction of sp³-hybridized carbons (Fsp3) is 0.0833. The number of para-hydroxylation sites is 1. The van der Waals surface area contributed by atoms with Crippen LogP contribution in [0, 0.1) is 0 Å². The summed E-state index contributed by atoms with van der Waals surface area (Å²) in [5, 5.41) is 0.276. The van der Waals surface area contributed by atoms with Crippen molar-refractivity contribution >= 4 is 22.5 Å². The van der Waals surface area contributed by atoms with Gasteiger partial charge >= 0.3 is 0 Å². The van der Waals surface area contributed by atoms with Gasteiger partial charge in [-0.25, -0.2) is 4.99 Å². The van der Waals surface area contributed by atoms with Crippen LogP contribution in [0.15, 0.2) is 48.1 Å². The maximum atomic E-state index is 5.88. The lowest BCUT2D eigenvalue weighted by molar-refractivity contribution is 0.413. The number of benzene rings is 1. The van der Waals surface area contributed by atoms with Crippen LogP contribution in [-0.2, 0) is 0 Å². The van der Waals surface area contributed by atoms with Gasteiger partial charge in [-0.1, -0.05) is 30.3 Å². The van der Waals surface area contributed by atoms with E-state index in [1.54, 1.807) is 13.2 Å². The second kappa shape index (κ2) is 5.98. The zero-order chi connectivity index (χ0) is 12.0. The zero-order valence-electron chi connectivity index (χ0n) is 8.98. The molecule has 0 amide bonds. The van der Waals surface area contributed by atoms with E-state index < -0.39 is 0 Å². The molecule has 0 atom stereocenters. The maximum Gasteiger partial charge on any atom is 0.131 e. The van der Waals surface area contributed by atoms with Crippen molar-refractivity contribution in [3.05, 3.63) is 48.7 Å². The second-order valence-electron chi connectivity index (χ2n) is 2.93. The predicted octanol–water partition coefficient (Wildman–Crippen LogP) is 2.78. The highest BCUT2D eigenvalue weighted by Gasteiger charge is 2.04. The van der Waals surface area contributed by atoms with Crippen LogP contribution in [0.2, 0.25) is 0 Å². The highest BCUT2D eigenvalue weighted by Crippen LogP contribution is 2.22. The van der Waals surface area contributed by atoms with Gasteiger partial charge in [-0.05, 0) is 18.2 Å². The van der Waals surface area contributed by atoms with E-state index in [0.29, 0.717) is 11.4 Å². The van der Waals surface area contributed by atoms with Gasteiger partial charge in [-0.3, -0.25) is 0 Å². The van der Waals surface area contributed by atoms with Crippen molar-refractivity contribution in [3.63, 3.8) is 0 Å². The first-order valence-corrected chi connectivity index (χ1v) is 5.01. The molecule has 16 heavy (non-hydrogen) atoms. The average molecular weight is 237 g/mol. The largest absolute Gasteiger partial charge is 0.496 e. The summed E-state index contributed by atoms with van der Waals surface area (Å²) in [7, 11) is 1.59. The Morgan fingerprint density at radius 3 is 2.81 bits per heavy atom. The Labute approximate surface area is 99.9 Å². The molecule has 0 bridgehead atoms. The molecule has 0 saturated heterocycles. The molecule has 2 N–H and O–H groups in total. The van der Waals surface area contributed by atoms with Crippen LogP contribution in [0.25, 0.3) is 5.70 Å². The molecule has 0 fully saturated rings. The number of allylic oxidation sites excluding steroid dienone is 1. The Kier molecular flexibility index (Phi) is 4.61. The number of hydrogen-bond donors (Lipinski definition) is 1. The van der Waals surface area contributed by atoms with E-state index in [4.69, 9.17) is 22.1 Å². The van der Waals surface area contributed by atoms with Crippen molar-refractivity contribution in [1.29, 1.82) is 0 Å². The number of hydrogen-bond acceptors (Lipinski definition) is 3. The van der Waals surface area contributed by atoms with E-state index in [2.05, 4.69) is 11.6 Å². The molecular formula is C12H13ClN2O. The van der Waals surface area contributed by atoms with Crippen LogP contribution in [0.5, 0.6) is 5.75 Å². The summed E-state index contributed by atoms with van der Waals surface area (Å²) in [5.41, 5.74) is 7.16. The first-order valence-electron chi connectivity index (χ1n) is 4.63. The number of halogens is 1.